The number of anilines is 1. The highest BCUT2D eigenvalue weighted by atomic mass is 16.5. The molecule has 1 aliphatic heterocycles. The maximum atomic E-state index is 11.5. The van der Waals surface area contributed by atoms with E-state index in [9.17, 15) is 9.59 Å². The lowest BCUT2D eigenvalue weighted by molar-refractivity contribution is -0.138. The minimum atomic E-state index is -0.865. The van der Waals surface area contributed by atoms with Crippen LogP contribution in [0.3, 0.4) is 0 Å². The summed E-state index contributed by atoms with van der Waals surface area (Å²) in [5.41, 5.74) is 1.66. The van der Waals surface area contributed by atoms with Gasteiger partial charge in [0.05, 0.1) is 12.2 Å². The van der Waals surface area contributed by atoms with Gasteiger partial charge in [-0.05, 0) is 24.7 Å². The number of likely N-dealkylation sites (N-methyl/N-ethyl adjacent to an activating group) is 2. The third-order valence-electron chi connectivity index (χ3n) is 2.97. The summed E-state index contributed by atoms with van der Waals surface area (Å²) in [6.45, 7) is 0.533. The predicted octanol–water partition coefficient (Wildman–Crippen LogP) is 0.558. The quantitative estimate of drug-likeness (QED) is 0.860. The first kappa shape index (κ1) is 13.4. The number of carboxylic acid groups (broad SMARTS) is 1. The second-order valence-corrected chi connectivity index (χ2v) is 4.61. The number of amides is 1. The van der Waals surface area contributed by atoms with Gasteiger partial charge < -0.3 is 14.7 Å². The molecule has 0 saturated carbocycles. The van der Waals surface area contributed by atoms with Gasteiger partial charge in [-0.2, -0.15) is 0 Å². The summed E-state index contributed by atoms with van der Waals surface area (Å²) in [7, 11) is 3.44. The van der Waals surface area contributed by atoms with Crippen molar-refractivity contribution in [2.45, 2.75) is 6.54 Å². The molecule has 1 N–H and O–H groups in total. The fourth-order valence-electron chi connectivity index (χ4n) is 2.01. The lowest BCUT2D eigenvalue weighted by Gasteiger charge is -2.26. The predicted molar refractivity (Wildman–Crippen MR) is 69.3 cm³/mol. The van der Waals surface area contributed by atoms with Crippen LogP contribution in [0.4, 0.5) is 5.69 Å². The molecule has 0 spiro atoms. The number of aliphatic carboxylic acids is 1. The van der Waals surface area contributed by atoms with Gasteiger partial charge in [0.2, 0.25) is 0 Å². The molecule has 1 aromatic rings. The molecule has 0 unspecified atom stereocenters. The lowest BCUT2D eigenvalue weighted by Crippen LogP contribution is -2.35. The number of benzene rings is 1. The Hall–Kier alpha value is -2.08. The first-order valence-corrected chi connectivity index (χ1v) is 5.90. The molecular weight excluding hydrogens is 248 g/mol. The van der Waals surface area contributed by atoms with Crippen molar-refractivity contribution in [3.05, 3.63) is 23.8 Å². The number of fused-ring (bicyclic) bond motifs is 1. The molecule has 1 amide bonds. The van der Waals surface area contributed by atoms with Crippen molar-refractivity contribution in [2.24, 2.45) is 0 Å². The summed E-state index contributed by atoms with van der Waals surface area (Å²) in [6, 6.07) is 5.54. The van der Waals surface area contributed by atoms with Crippen LogP contribution >= 0.6 is 0 Å². The Morgan fingerprint density at radius 1 is 1.53 bits per heavy atom. The number of nitrogens with zero attached hydrogens (tertiary/aromatic N) is 2. The Morgan fingerprint density at radius 3 is 2.95 bits per heavy atom. The molecule has 1 aliphatic rings. The average molecular weight is 264 g/mol. The topological polar surface area (TPSA) is 70.1 Å². The van der Waals surface area contributed by atoms with Crippen molar-refractivity contribution in [1.29, 1.82) is 0 Å². The van der Waals surface area contributed by atoms with E-state index in [2.05, 4.69) is 0 Å². The van der Waals surface area contributed by atoms with Crippen molar-refractivity contribution >= 4 is 17.6 Å². The van der Waals surface area contributed by atoms with Crippen molar-refractivity contribution < 1.29 is 19.4 Å². The number of carbonyl (C=O) groups is 2. The molecule has 0 aromatic heterocycles. The summed E-state index contributed by atoms with van der Waals surface area (Å²) in [5.74, 6) is -0.286. The molecule has 0 atom stereocenters. The van der Waals surface area contributed by atoms with Crippen molar-refractivity contribution in [3.8, 4) is 5.75 Å². The van der Waals surface area contributed by atoms with E-state index < -0.39 is 5.97 Å². The second kappa shape index (κ2) is 5.27. The number of carboxylic acids is 1. The number of hydrogen-bond acceptors (Lipinski definition) is 4. The Bertz CT molecular complexity index is 515. The van der Waals surface area contributed by atoms with Crippen LogP contribution in [-0.2, 0) is 16.1 Å². The zero-order valence-corrected chi connectivity index (χ0v) is 10.9. The summed E-state index contributed by atoms with van der Waals surface area (Å²) in [5, 5.41) is 8.72. The van der Waals surface area contributed by atoms with Crippen LogP contribution in [0.15, 0.2) is 18.2 Å². The van der Waals surface area contributed by atoms with Gasteiger partial charge in [0.1, 0.15) is 5.75 Å². The van der Waals surface area contributed by atoms with Gasteiger partial charge in [-0.3, -0.25) is 14.5 Å². The fraction of sp³-hybridized carbons (Fsp3) is 0.385. The Balaban J connectivity index is 2.16. The molecule has 1 aromatic carbocycles. The number of rotatable bonds is 4. The largest absolute Gasteiger partial charge is 0.482 e. The van der Waals surface area contributed by atoms with Crippen LogP contribution in [0, 0.1) is 0 Å². The summed E-state index contributed by atoms with van der Waals surface area (Å²) in [6.07, 6.45) is 0. The van der Waals surface area contributed by atoms with E-state index in [-0.39, 0.29) is 19.1 Å². The molecule has 0 bridgehead atoms. The lowest BCUT2D eigenvalue weighted by atomic mass is 10.1. The third-order valence-corrected chi connectivity index (χ3v) is 2.97. The van der Waals surface area contributed by atoms with Gasteiger partial charge in [0.25, 0.3) is 5.91 Å². The zero-order valence-electron chi connectivity index (χ0n) is 10.9. The zero-order chi connectivity index (χ0) is 14.0. The standard InChI is InChI=1S/C13H16N2O4/c1-14(7-13(17)18)6-9-3-4-11-10(5-9)15(2)12(16)8-19-11/h3-5H,6-8H2,1-2H3,(H,17,18). The fourth-order valence-corrected chi connectivity index (χ4v) is 2.01. The van der Waals surface area contributed by atoms with Crippen LogP contribution in [0.5, 0.6) is 5.75 Å². The molecule has 6 nitrogen and oxygen atoms in total. The maximum absolute atomic E-state index is 11.5. The maximum Gasteiger partial charge on any atom is 0.317 e. The molecule has 0 aliphatic carbocycles. The van der Waals surface area contributed by atoms with Gasteiger partial charge in [-0.1, -0.05) is 6.07 Å². The molecule has 0 radical (unpaired) electrons. The van der Waals surface area contributed by atoms with E-state index in [1.807, 2.05) is 18.2 Å². The smallest absolute Gasteiger partial charge is 0.317 e. The summed E-state index contributed by atoms with van der Waals surface area (Å²) in [4.78, 5) is 25.4. The molecule has 0 saturated heterocycles. The van der Waals surface area contributed by atoms with Crippen LogP contribution in [0.2, 0.25) is 0 Å². The highest BCUT2D eigenvalue weighted by molar-refractivity contribution is 5.97. The molecule has 2 rings (SSSR count). The normalized spacial score (nSPS) is 14.3. The van der Waals surface area contributed by atoms with Gasteiger partial charge in [0.15, 0.2) is 6.61 Å². The van der Waals surface area contributed by atoms with Gasteiger partial charge in [-0.25, -0.2) is 0 Å². The first-order valence-electron chi connectivity index (χ1n) is 5.90. The summed E-state index contributed by atoms with van der Waals surface area (Å²) >= 11 is 0. The van der Waals surface area contributed by atoms with E-state index in [0.717, 1.165) is 11.3 Å². The molecule has 102 valence electrons. The van der Waals surface area contributed by atoms with E-state index in [4.69, 9.17) is 9.84 Å². The Labute approximate surface area is 111 Å². The van der Waals surface area contributed by atoms with E-state index in [1.165, 1.54) is 0 Å². The SMILES string of the molecule is CN(CC(=O)O)Cc1ccc2c(c1)N(C)C(=O)CO2. The second-order valence-electron chi connectivity index (χ2n) is 4.61. The number of ether oxygens (including phenoxy) is 1. The van der Waals surface area contributed by atoms with Crippen LogP contribution in [0.1, 0.15) is 5.56 Å². The summed E-state index contributed by atoms with van der Waals surface area (Å²) < 4.78 is 5.33. The first-order chi connectivity index (χ1) is 8.97. The van der Waals surface area contributed by atoms with Gasteiger partial charge in [0, 0.05) is 13.6 Å². The molecule has 0 fully saturated rings. The minimum absolute atomic E-state index is 0.0254. The number of carbonyl (C=O) groups excluding carboxylic acids is 1. The highest BCUT2D eigenvalue weighted by Crippen LogP contribution is 2.32. The molecule has 6 heteroatoms. The Morgan fingerprint density at radius 2 is 2.26 bits per heavy atom. The highest BCUT2D eigenvalue weighted by Gasteiger charge is 2.22. The van der Waals surface area contributed by atoms with Crippen LogP contribution < -0.4 is 9.64 Å². The number of hydrogen-bond donors (Lipinski definition) is 1. The van der Waals surface area contributed by atoms with Crippen molar-refractivity contribution in [3.63, 3.8) is 0 Å². The molecule has 19 heavy (non-hydrogen) atoms. The monoisotopic (exact) mass is 264 g/mol. The minimum Gasteiger partial charge on any atom is -0.482 e. The van der Waals surface area contributed by atoms with Crippen molar-refractivity contribution in [1.82, 2.24) is 4.90 Å². The van der Waals surface area contributed by atoms with Crippen molar-refractivity contribution in [2.75, 3.05) is 32.1 Å². The average Bonchev–Trinajstić information content (AvgIpc) is 2.33. The molecule has 1 heterocycles. The third kappa shape index (κ3) is 3.03. The van der Waals surface area contributed by atoms with Gasteiger partial charge in [-0.15, -0.1) is 0 Å². The van der Waals surface area contributed by atoms with Gasteiger partial charge >= 0.3 is 5.97 Å². The Kier molecular flexibility index (Phi) is 3.71. The molecular formula is C13H16N2O4. The van der Waals surface area contributed by atoms with E-state index >= 15 is 0 Å². The van der Waals surface area contributed by atoms with E-state index in [1.54, 1.807) is 23.9 Å². The van der Waals surface area contributed by atoms with E-state index in [0.29, 0.717) is 12.3 Å². The van der Waals surface area contributed by atoms with Crippen LogP contribution in [-0.4, -0.2) is 49.1 Å². The van der Waals surface area contributed by atoms with Crippen LogP contribution in [0.25, 0.3) is 0 Å².